The number of ether oxygens (including phenoxy) is 1. The van der Waals surface area contributed by atoms with Crippen molar-refractivity contribution in [2.24, 2.45) is 0 Å². The lowest BCUT2D eigenvalue weighted by Gasteiger charge is -2.08. The summed E-state index contributed by atoms with van der Waals surface area (Å²) in [6, 6.07) is 9.84. The van der Waals surface area contributed by atoms with E-state index in [4.69, 9.17) is 4.74 Å². The molecule has 0 spiro atoms. The number of rotatable bonds is 6. The standard InChI is InChI=1S/C14H15FN2O2/c15-12-5-1-2-6-13(12)19-11-14(18)16-7-10-17-8-3-4-9-17/h1-6,8-9H,7,10-11H2,(H,16,18). The molecule has 0 aliphatic heterocycles. The van der Waals surface area contributed by atoms with E-state index in [1.165, 1.54) is 12.1 Å². The molecule has 5 heteroatoms. The molecule has 4 nitrogen and oxygen atoms in total. The van der Waals surface area contributed by atoms with Gasteiger partial charge >= 0.3 is 0 Å². The van der Waals surface area contributed by atoms with Gasteiger partial charge in [-0.25, -0.2) is 4.39 Å². The van der Waals surface area contributed by atoms with Crippen molar-refractivity contribution in [3.05, 3.63) is 54.6 Å². The zero-order valence-corrected chi connectivity index (χ0v) is 10.4. The van der Waals surface area contributed by atoms with Gasteiger partial charge in [0.05, 0.1) is 0 Å². The van der Waals surface area contributed by atoms with E-state index < -0.39 is 5.82 Å². The minimum Gasteiger partial charge on any atom is -0.481 e. The molecular formula is C14H15FN2O2. The summed E-state index contributed by atoms with van der Waals surface area (Å²) >= 11 is 0. The number of amides is 1. The van der Waals surface area contributed by atoms with Gasteiger partial charge in [0.25, 0.3) is 5.91 Å². The molecule has 2 aromatic rings. The molecule has 1 amide bonds. The number of halogens is 1. The number of para-hydroxylation sites is 1. The number of carbonyl (C=O) groups is 1. The maximum Gasteiger partial charge on any atom is 0.258 e. The minimum atomic E-state index is -0.470. The number of benzene rings is 1. The lowest BCUT2D eigenvalue weighted by molar-refractivity contribution is -0.123. The zero-order chi connectivity index (χ0) is 13.5. The highest BCUT2D eigenvalue weighted by atomic mass is 19.1. The Hall–Kier alpha value is -2.30. The predicted molar refractivity (Wildman–Crippen MR) is 69.3 cm³/mol. The summed E-state index contributed by atoms with van der Waals surface area (Å²) in [6.45, 7) is 1.01. The highest BCUT2D eigenvalue weighted by molar-refractivity contribution is 5.77. The molecule has 0 saturated heterocycles. The van der Waals surface area contributed by atoms with E-state index in [1.54, 1.807) is 12.1 Å². The first-order valence-corrected chi connectivity index (χ1v) is 6.00. The van der Waals surface area contributed by atoms with Crippen LogP contribution < -0.4 is 10.1 Å². The fraction of sp³-hybridized carbons (Fsp3) is 0.214. The fourth-order valence-electron chi connectivity index (χ4n) is 1.60. The molecule has 1 N–H and O–H groups in total. The van der Waals surface area contributed by atoms with Gasteiger partial charge in [-0.15, -0.1) is 0 Å². The van der Waals surface area contributed by atoms with Gasteiger partial charge in [0.2, 0.25) is 0 Å². The van der Waals surface area contributed by atoms with Gasteiger partial charge in [0.1, 0.15) is 0 Å². The highest BCUT2D eigenvalue weighted by Gasteiger charge is 2.05. The smallest absolute Gasteiger partial charge is 0.258 e. The largest absolute Gasteiger partial charge is 0.481 e. The third-order valence-corrected chi connectivity index (χ3v) is 2.55. The lowest BCUT2D eigenvalue weighted by atomic mass is 10.3. The molecule has 0 aliphatic rings. The fourth-order valence-corrected chi connectivity index (χ4v) is 1.60. The summed E-state index contributed by atoms with van der Waals surface area (Å²) in [4.78, 5) is 11.5. The van der Waals surface area contributed by atoms with Gasteiger partial charge in [-0.2, -0.15) is 0 Å². The highest BCUT2D eigenvalue weighted by Crippen LogP contribution is 2.14. The average Bonchev–Trinajstić information content (AvgIpc) is 2.91. The summed E-state index contributed by atoms with van der Waals surface area (Å²) < 4.78 is 20.3. The zero-order valence-electron chi connectivity index (χ0n) is 10.4. The van der Waals surface area contributed by atoms with Crippen LogP contribution in [0.4, 0.5) is 4.39 Å². The van der Waals surface area contributed by atoms with Gasteiger partial charge in [0.15, 0.2) is 18.2 Å². The molecule has 0 unspecified atom stereocenters. The Kier molecular flexibility index (Phi) is 4.55. The number of hydrogen-bond acceptors (Lipinski definition) is 2. The number of hydrogen-bond donors (Lipinski definition) is 1. The Bertz CT molecular complexity index is 526. The predicted octanol–water partition coefficient (Wildman–Crippen LogP) is 1.82. The van der Waals surface area contributed by atoms with Crippen molar-refractivity contribution in [1.29, 1.82) is 0 Å². The molecule has 0 radical (unpaired) electrons. The summed E-state index contributed by atoms with van der Waals surface area (Å²) in [5, 5.41) is 2.70. The van der Waals surface area contributed by atoms with Crippen LogP contribution in [0.1, 0.15) is 0 Å². The van der Waals surface area contributed by atoms with Crippen molar-refractivity contribution >= 4 is 5.91 Å². The monoisotopic (exact) mass is 262 g/mol. The van der Waals surface area contributed by atoms with Crippen LogP contribution in [0.25, 0.3) is 0 Å². The molecular weight excluding hydrogens is 247 g/mol. The second-order valence-electron chi connectivity index (χ2n) is 3.99. The van der Waals surface area contributed by atoms with Crippen LogP contribution in [0.3, 0.4) is 0 Å². The minimum absolute atomic E-state index is 0.0862. The molecule has 2 rings (SSSR count). The Morgan fingerprint density at radius 1 is 1.21 bits per heavy atom. The average molecular weight is 262 g/mol. The van der Waals surface area contributed by atoms with Gasteiger partial charge in [-0.1, -0.05) is 12.1 Å². The molecule has 1 aromatic carbocycles. The number of carbonyl (C=O) groups excluding carboxylic acids is 1. The third kappa shape index (κ3) is 4.13. The van der Waals surface area contributed by atoms with E-state index in [1.807, 2.05) is 29.1 Å². The number of aromatic nitrogens is 1. The van der Waals surface area contributed by atoms with Crippen molar-refractivity contribution < 1.29 is 13.9 Å². The number of nitrogens with zero attached hydrogens (tertiary/aromatic N) is 1. The van der Waals surface area contributed by atoms with Gasteiger partial charge in [-0.05, 0) is 24.3 Å². The Balaban J connectivity index is 1.69. The van der Waals surface area contributed by atoms with Crippen LogP contribution >= 0.6 is 0 Å². The van der Waals surface area contributed by atoms with E-state index in [2.05, 4.69) is 5.32 Å². The molecule has 0 fully saturated rings. The third-order valence-electron chi connectivity index (χ3n) is 2.55. The van der Waals surface area contributed by atoms with E-state index in [0.29, 0.717) is 13.1 Å². The van der Waals surface area contributed by atoms with E-state index >= 15 is 0 Å². The van der Waals surface area contributed by atoms with Crippen molar-refractivity contribution in [3.8, 4) is 5.75 Å². The quantitative estimate of drug-likeness (QED) is 0.863. The molecule has 100 valence electrons. The SMILES string of the molecule is O=C(COc1ccccc1F)NCCn1cccc1. The number of nitrogens with one attached hydrogen (secondary N) is 1. The van der Waals surface area contributed by atoms with Gasteiger partial charge < -0.3 is 14.6 Å². The van der Waals surface area contributed by atoms with Crippen molar-refractivity contribution in [3.63, 3.8) is 0 Å². The van der Waals surface area contributed by atoms with Gasteiger partial charge in [0, 0.05) is 25.5 Å². The first-order valence-electron chi connectivity index (χ1n) is 6.00. The second-order valence-corrected chi connectivity index (χ2v) is 3.99. The van der Waals surface area contributed by atoms with Crippen molar-refractivity contribution in [2.75, 3.05) is 13.2 Å². The second kappa shape index (κ2) is 6.58. The summed E-state index contributed by atoms with van der Waals surface area (Å²) in [7, 11) is 0. The Labute approximate surface area is 110 Å². The molecule has 19 heavy (non-hydrogen) atoms. The maximum atomic E-state index is 13.2. The van der Waals surface area contributed by atoms with Gasteiger partial charge in [-0.3, -0.25) is 4.79 Å². The summed E-state index contributed by atoms with van der Waals surface area (Å²) in [5.74, 6) is -0.652. The van der Waals surface area contributed by atoms with Crippen LogP contribution in [0.5, 0.6) is 5.75 Å². The summed E-state index contributed by atoms with van der Waals surface area (Å²) in [5.41, 5.74) is 0. The molecule has 1 heterocycles. The lowest BCUT2D eigenvalue weighted by Crippen LogP contribution is -2.31. The summed E-state index contributed by atoms with van der Waals surface area (Å²) in [6.07, 6.45) is 3.84. The van der Waals surface area contributed by atoms with E-state index in [-0.39, 0.29) is 18.3 Å². The van der Waals surface area contributed by atoms with Crippen LogP contribution in [-0.2, 0) is 11.3 Å². The molecule has 0 aliphatic carbocycles. The van der Waals surface area contributed by atoms with Crippen molar-refractivity contribution in [1.82, 2.24) is 9.88 Å². The topological polar surface area (TPSA) is 43.3 Å². The molecule has 0 saturated carbocycles. The molecule has 1 aromatic heterocycles. The molecule has 0 bridgehead atoms. The maximum absolute atomic E-state index is 13.2. The van der Waals surface area contributed by atoms with Crippen LogP contribution in [0.15, 0.2) is 48.8 Å². The van der Waals surface area contributed by atoms with Crippen LogP contribution in [0.2, 0.25) is 0 Å². The van der Waals surface area contributed by atoms with Crippen LogP contribution in [-0.4, -0.2) is 23.6 Å². The van der Waals surface area contributed by atoms with Crippen LogP contribution in [0, 0.1) is 5.82 Å². The first-order chi connectivity index (χ1) is 9.25. The van der Waals surface area contributed by atoms with E-state index in [9.17, 15) is 9.18 Å². The first kappa shape index (κ1) is 13.1. The molecule has 0 atom stereocenters. The normalized spacial score (nSPS) is 10.2. The van der Waals surface area contributed by atoms with Crippen molar-refractivity contribution in [2.45, 2.75) is 6.54 Å². The Morgan fingerprint density at radius 2 is 1.95 bits per heavy atom. The Morgan fingerprint density at radius 3 is 2.68 bits per heavy atom. The van der Waals surface area contributed by atoms with E-state index in [0.717, 1.165) is 0 Å².